The van der Waals surface area contributed by atoms with Crippen LogP contribution in [-0.4, -0.2) is 33.6 Å². The maximum absolute atomic E-state index is 12.5. The van der Waals surface area contributed by atoms with Crippen molar-refractivity contribution in [1.29, 1.82) is 0 Å². The molecule has 1 heterocycles. The van der Waals surface area contributed by atoms with Crippen LogP contribution in [0.5, 0.6) is 5.75 Å². The summed E-state index contributed by atoms with van der Waals surface area (Å²) in [6.07, 6.45) is 0. The highest BCUT2D eigenvalue weighted by Gasteiger charge is 2.16. The summed E-state index contributed by atoms with van der Waals surface area (Å²) < 4.78 is 6.56. The number of hydrogen-bond donors (Lipinski definition) is 2. The van der Waals surface area contributed by atoms with Crippen molar-refractivity contribution in [3.8, 4) is 17.1 Å². The fourth-order valence-corrected chi connectivity index (χ4v) is 3.62. The fraction of sp³-hybridized carbons (Fsp3) is 0.286. The quantitative estimate of drug-likeness (QED) is 0.453. The molecule has 29 heavy (non-hydrogen) atoms. The first-order chi connectivity index (χ1) is 13.9. The van der Waals surface area contributed by atoms with Crippen LogP contribution >= 0.6 is 11.8 Å². The lowest BCUT2D eigenvalue weighted by molar-refractivity contribution is -0.113. The number of benzene rings is 2. The molecule has 0 unspecified atom stereocenters. The van der Waals surface area contributed by atoms with Crippen molar-refractivity contribution in [1.82, 2.24) is 14.9 Å². The van der Waals surface area contributed by atoms with Gasteiger partial charge in [0, 0.05) is 11.3 Å². The van der Waals surface area contributed by atoms with Gasteiger partial charge in [0.15, 0.2) is 5.82 Å². The minimum absolute atomic E-state index is 0.111. The molecule has 1 aromatic heterocycles. The van der Waals surface area contributed by atoms with E-state index in [1.807, 2.05) is 49.4 Å². The van der Waals surface area contributed by atoms with Crippen LogP contribution in [-0.2, 0) is 4.79 Å². The highest BCUT2D eigenvalue weighted by atomic mass is 32.2. The number of thioether (sulfide) groups is 1. The molecule has 0 fully saturated rings. The molecule has 0 radical (unpaired) electrons. The van der Waals surface area contributed by atoms with Gasteiger partial charge in [0.25, 0.3) is 0 Å². The van der Waals surface area contributed by atoms with Gasteiger partial charge in [0.1, 0.15) is 5.75 Å². The molecule has 0 atom stereocenters. The number of aromatic nitrogens is 3. The van der Waals surface area contributed by atoms with Crippen LogP contribution in [0.25, 0.3) is 11.4 Å². The number of amides is 1. The first-order valence-corrected chi connectivity index (χ1v) is 10.3. The topological polar surface area (TPSA) is 95.1 Å². The third-order valence-electron chi connectivity index (χ3n) is 4.54. The molecule has 3 aromatic rings. The molecule has 1 amide bonds. The molecule has 0 saturated heterocycles. The Hall–Kier alpha value is -3.00. The lowest BCUT2D eigenvalue weighted by Crippen LogP contribution is -2.18. The number of nitrogens with two attached hydrogens (primary N) is 1. The third kappa shape index (κ3) is 4.71. The van der Waals surface area contributed by atoms with E-state index in [2.05, 4.69) is 29.4 Å². The van der Waals surface area contributed by atoms with Crippen LogP contribution in [0.15, 0.2) is 47.6 Å². The maximum Gasteiger partial charge on any atom is 0.234 e. The Bertz CT molecular complexity index is 999. The van der Waals surface area contributed by atoms with E-state index in [9.17, 15) is 4.79 Å². The van der Waals surface area contributed by atoms with Crippen LogP contribution in [0.4, 0.5) is 5.69 Å². The van der Waals surface area contributed by atoms with Crippen molar-refractivity contribution in [3.05, 3.63) is 53.6 Å². The molecule has 8 heteroatoms. The maximum atomic E-state index is 12.5. The number of nitrogens with one attached hydrogen (secondary N) is 1. The standard InChI is InChI=1S/C21H25N5O2S/c1-13(2)17-7-5-6-14(3)19(17)23-18(27)12-29-21-25-24-20(26(21)22)15-8-10-16(28-4)11-9-15/h5-11,13H,12,22H2,1-4H3,(H,23,27). The number of anilines is 1. The zero-order valence-corrected chi connectivity index (χ0v) is 17.8. The number of carbonyl (C=O) groups excluding carboxylic acids is 1. The number of nitrogen functional groups attached to an aromatic ring is 1. The number of nitrogens with zero attached hydrogens (tertiary/aromatic N) is 3. The number of carbonyl (C=O) groups is 1. The second-order valence-corrected chi connectivity index (χ2v) is 7.88. The second kappa shape index (κ2) is 9.00. The fourth-order valence-electron chi connectivity index (χ4n) is 2.96. The normalized spacial score (nSPS) is 10.9. The largest absolute Gasteiger partial charge is 0.497 e. The van der Waals surface area contributed by atoms with Crippen LogP contribution in [0.1, 0.15) is 30.9 Å². The highest BCUT2D eigenvalue weighted by molar-refractivity contribution is 7.99. The van der Waals surface area contributed by atoms with E-state index in [1.54, 1.807) is 7.11 Å². The second-order valence-electron chi connectivity index (χ2n) is 6.94. The average molecular weight is 412 g/mol. The summed E-state index contributed by atoms with van der Waals surface area (Å²) in [7, 11) is 1.61. The average Bonchev–Trinajstić information content (AvgIpc) is 3.08. The van der Waals surface area contributed by atoms with E-state index in [4.69, 9.17) is 10.6 Å². The number of methoxy groups -OCH3 is 1. The van der Waals surface area contributed by atoms with E-state index in [-0.39, 0.29) is 11.7 Å². The molecule has 0 aliphatic carbocycles. The van der Waals surface area contributed by atoms with Crippen molar-refractivity contribution in [2.45, 2.75) is 31.8 Å². The number of aryl methyl sites for hydroxylation is 1. The van der Waals surface area contributed by atoms with E-state index in [0.29, 0.717) is 16.9 Å². The molecule has 2 aromatic carbocycles. The SMILES string of the molecule is COc1ccc(-c2nnc(SCC(=O)Nc3c(C)cccc3C(C)C)n2N)cc1. The number of ether oxygens (including phenoxy) is 1. The molecular formula is C21H25N5O2S. The summed E-state index contributed by atoms with van der Waals surface area (Å²) in [4.78, 5) is 12.5. The number of rotatable bonds is 7. The van der Waals surface area contributed by atoms with Gasteiger partial charge in [0.2, 0.25) is 11.1 Å². The van der Waals surface area contributed by atoms with Gasteiger partial charge in [-0.15, -0.1) is 10.2 Å². The summed E-state index contributed by atoms with van der Waals surface area (Å²) >= 11 is 1.25. The lowest BCUT2D eigenvalue weighted by atomic mass is 9.98. The molecule has 3 rings (SSSR count). The summed E-state index contributed by atoms with van der Waals surface area (Å²) in [5.74, 6) is 7.81. The lowest BCUT2D eigenvalue weighted by Gasteiger charge is -2.16. The summed E-state index contributed by atoms with van der Waals surface area (Å²) in [6.45, 7) is 6.21. The van der Waals surface area contributed by atoms with Crippen molar-refractivity contribution < 1.29 is 9.53 Å². The Morgan fingerprint density at radius 2 is 1.93 bits per heavy atom. The molecule has 7 nitrogen and oxygen atoms in total. The van der Waals surface area contributed by atoms with Gasteiger partial charge in [-0.2, -0.15) is 0 Å². The first-order valence-electron chi connectivity index (χ1n) is 9.27. The monoisotopic (exact) mass is 411 g/mol. The highest BCUT2D eigenvalue weighted by Crippen LogP contribution is 2.28. The van der Waals surface area contributed by atoms with E-state index in [0.717, 1.165) is 28.1 Å². The van der Waals surface area contributed by atoms with Crippen LogP contribution in [0, 0.1) is 6.92 Å². The van der Waals surface area contributed by atoms with E-state index in [1.165, 1.54) is 16.4 Å². The Balaban J connectivity index is 1.68. The van der Waals surface area contributed by atoms with Crippen molar-refractivity contribution in [3.63, 3.8) is 0 Å². The Labute approximate surface area is 174 Å². The smallest absolute Gasteiger partial charge is 0.234 e. The number of para-hydroxylation sites is 1. The molecule has 3 N–H and O–H groups in total. The Morgan fingerprint density at radius 1 is 1.21 bits per heavy atom. The van der Waals surface area contributed by atoms with Gasteiger partial charge in [-0.3, -0.25) is 4.79 Å². The van der Waals surface area contributed by atoms with E-state index >= 15 is 0 Å². The van der Waals surface area contributed by atoms with Crippen LogP contribution < -0.4 is 15.9 Å². The Morgan fingerprint density at radius 3 is 2.59 bits per heavy atom. The van der Waals surface area contributed by atoms with Gasteiger partial charge >= 0.3 is 0 Å². The van der Waals surface area contributed by atoms with Gasteiger partial charge in [-0.05, 0) is 48.2 Å². The molecule has 0 bridgehead atoms. The molecule has 0 saturated carbocycles. The molecular weight excluding hydrogens is 386 g/mol. The summed E-state index contributed by atoms with van der Waals surface area (Å²) in [5, 5.41) is 11.8. The number of hydrogen-bond acceptors (Lipinski definition) is 6. The van der Waals surface area contributed by atoms with Gasteiger partial charge < -0.3 is 15.9 Å². The van der Waals surface area contributed by atoms with E-state index < -0.39 is 0 Å². The van der Waals surface area contributed by atoms with Crippen LogP contribution in [0.3, 0.4) is 0 Å². The van der Waals surface area contributed by atoms with Gasteiger partial charge in [-0.1, -0.05) is 43.8 Å². The minimum Gasteiger partial charge on any atom is -0.497 e. The summed E-state index contributed by atoms with van der Waals surface area (Å²) in [5.41, 5.74) is 3.85. The third-order valence-corrected chi connectivity index (χ3v) is 5.48. The van der Waals surface area contributed by atoms with Gasteiger partial charge in [0.05, 0.1) is 12.9 Å². The minimum atomic E-state index is -0.111. The molecule has 0 spiro atoms. The molecule has 0 aliphatic heterocycles. The van der Waals surface area contributed by atoms with Gasteiger partial charge in [-0.25, -0.2) is 4.68 Å². The summed E-state index contributed by atoms with van der Waals surface area (Å²) in [6, 6.07) is 13.4. The molecule has 152 valence electrons. The van der Waals surface area contributed by atoms with Crippen molar-refractivity contribution in [2.75, 3.05) is 24.0 Å². The van der Waals surface area contributed by atoms with Crippen molar-refractivity contribution >= 4 is 23.4 Å². The predicted molar refractivity (Wildman–Crippen MR) is 117 cm³/mol. The Kier molecular flexibility index (Phi) is 6.43. The van der Waals surface area contributed by atoms with Crippen molar-refractivity contribution in [2.24, 2.45) is 0 Å². The molecule has 0 aliphatic rings. The zero-order chi connectivity index (χ0) is 21.0. The van der Waals surface area contributed by atoms with Crippen LogP contribution in [0.2, 0.25) is 0 Å². The zero-order valence-electron chi connectivity index (χ0n) is 17.0. The predicted octanol–water partition coefficient (Wildman–Crippen LogP) is 3.83. The first kappa shape index (κ1) is 20.7.